The molecule has 0 aromatic carbocycles. The van der Waals surface area contributed by atoms with Gasteiger partial charge in [-0.05, 0) is 32.2 Å². The van der Waals surface area contributed by atoms with Crippen LogP contribution in [0.5, 0.6) is 0 Å². The van der Waals surface area contributed by atoms with Crippen LogP contribution in [0.25, 0.3) is 0 Å². The van der Waals surface area contributed by atoms with E-state index in [4.69, 9.17) is 0 Å². The van der Waals surface area contributed by atoms with Crippen molar-refractivity contribution in [3.63, 3.8) is 0 Å². The minimum Gasteiger partial charge on any atom is -0.314 e. The topological polar surface area (TPSA) is 12.0 Å². The molecule has 2 atom stereocenters. The maximum Gasteiger partial charge on any atom is 0.00643 e. The monoisotopic (exact) mass is 199 g/mol. The normalized spacial score (nSPS) is 15.4. The fourth-order valence-electron chi connectivity index (χ4n) is 1.72. The lowest BCUT2D eigenvalue weighted by Crippen LogP contribution is -2.32. The SMILES string of the molecule is CCCCCCC(C)C(C)NCCC. The molecule has 0 fully saturated rings. The Kier molecular flexibility index (Phi) is 9.49. The third kappa shape index (κ3) is 7.37. The Morgan fingerprint density at radius 2 is 1.64 bits per heavy atom. The Balaban J connectivity index is 3.36. The summed E-state index contributed by atoms with van der Waals surface area (Å²) >= 11 is 0. The van der Waals surface area contributed by atoms with Crippen LogP contribution in [0.15, 0.2) is 0 Å². The van der Waals surface area contributed by atoms with Gasteiger partial charge in [0.15, 0.2) is 0 Å². The second-order valence-electron chi connectivity index (χ2n) is 4.57. The van der Waals surface area contributed by atoms with E-state index in [0.717, 1.165) is 5.92 Å². The Morgan fingerprint density at radius 3 is 2.21 bits per heavy atom. The number of unbranched alkanes of at least 4 members (excludes halogenated alkanes) is 3. The van der Waals surface area contributed by atoms with E-state index in [1.165, 1.54) is 45.1 Å². The zero-order valence-electron chi connectivity index (χ0n) is 10.6. The molecule has 2 unspecified atom stereocenters. The summed E-state index contributed by atoms with van der Waals surface area (Å²) in [4.78, 5) is 0. The lowest BCUT2D eigenvalue weighted by Gasteiger charge is -2.21. The lowest BCUT2D eigenvalue weighted by atomic mass is 9.96. The van der Waals surface area contributed by atoms with Crippen LogP contribution in [0.2, 0.25) is 0 Å². The third-order valence-corrected chi connectivity index (χ3v) is 3.08. The van der Waals surface area contributed by atoms with Gasteiger partial charge < -0.3 is 5.32 Å². The van der Waals surface area contributed by atoms with Gasteiger partial charge in [-0.2, -0.15) is 0 Å². The molecule has 0 aliphatic rings. The minimum atomic E-state index is 0.691. The van der Waals surface area contributed by atoms with Gasteiger partial charge in [-0.25, -0.2) is 0 Å². The van der Waals surface area contributed by atoms with Gasteiger partial charge in [0.2, 0.25) is 0 Å². The van der Waals surface area contributed by atoms with E-state index in [2.05, 4.69) is 33.0 Å². The zero-order valence-corrected chi connectivity index (χ0v) is 10.6. The predicted octanol–water partition coefficient (Wildman–Crippen LogP) is 3.98. The van der Waals surface area contributed by atoms with E-state index in [0.29, 0.717) is 6.04 Å². The first kappa shape index (κ1) is 14.0. The van der Waals surface area contributed by atoms with Gasteiger partial charge in [0, 0.05) is 6.04 Å². The first-order valence-electron chi connectivity index (χ1n) is 6.45. The van der Waals surface area contributed by atoms with E-state index in [1.54, 1.807) is 0 Å². The number of hydrogen-bond donors (Lipinski definition) is 1. The Hall–Kier alpha value is -0.0400. The first-order chi connectivity index (χ1) is 6.72. The van der Waals surface area contributed by atoms with Crippen molar-refractivity contribution in [2.24, 2.45) is 5.92 Å². The van der Waals surface area contributed by atoms with Crippen LogP contribution in [0, 0.1) is 5.92 Å². The van der Waals surface area contributed by atoms with Crippen molar-refractivity contribution >= 4 is 0 Å². The first-order valence-corrected chi connectivity index (χ1v) is 6.45. The van der Waals surface area contributed by atoms with Crippen LogP contribution >= 0.6 is 0 Å². The molecule has 0 aromatic rings. The number of nitrogens with one attached hydrogen (secondary N) is 1. The number of rotatable bonds is 9. The summed E-state index contributed by atoms with van der Waals surface area (Å²) < 4.78 is 0. The molecule has 0 spiro atoms. The minimum absolute atomic E-state index is 0.691. The molecule has 0 saturated heterocycles. The van der Waals surface area contributed by atoms with Crippen molar-refractivity contribution in [1.29, 1.82) is 0 Å². The fourth-order valence-corrected chi connectivity index (χ4v) is 1.72. The fraction of sp³-hybridized carbons (Fsp3) is 1.00. The largest absolute Gasteiger partial charge is 0.314 e. The van der Waals surface area contributed by atoms with Crippen molar-refractivity contribution in [2.75, 3.05) is 6.54 Å². The van der Waals surface area contributed by atoms with Gasteiger partial charge in [0.1, 0.15) is 0 Å². The summed E-state index contributed by atoms with van der Waals surface area (Å²) in [5, 5.41) is 3.57. The highest BCUT2D eigenvalue weighted by molar-refractivity contribution is 4.67. The molecule has 0 aliphatic heterocycles. The Labute approximate surface area is 90.7 Å². The Bertz CT molecular complexity index is 112. The smallest absolute Gasteiger partial charge is 0.00643 e. The van der Waals surface area contributed by atoms with Gasteiger partial charge in [-0.1, -0.05) is 46.5 Å². The van der Waals surface area contributed by atoms with Crippen LogP contribution in [0.1, 0.15) is 66.2 Å². The molecule has 0 aliphatic carbocycles. The van der Waals surface area contributed by atoms with Crippen LogP contribution < -0.4 is 5.32 Å². The zero-order chi connectivity index (χ0) is 10.8. The highest BCUT2D eigenvalue weighted by atomic mass is 14.9. The molecule has 0 aromatic heterocycles. The van der Waals surface area contributed by atoms with Crippen molar-refractivity contribution in [2.45, 2.75) is 72.3 Å². The average Bonchev–Trinajstić information content (AvgIpc) is 2.20. The molecular weight excluding hydrogens is 170 g/mol. The van der Waals surface area contributed by atoms with Crippen molar-refractivity contribution in [3.05, 3.63) is 0 Å². The molecule has 14 heavy (non-hydrogen) atoms. The molecule has 0 heterocycles. The van der Waals surface area contributed by atoms with Gasteiger partial charge in [0.25, 0.3) is 0 Å². The molecule has 0 amide bonds. The van der Waals surface area contributed by atoms with E-state index in [9.17, 15) is 0 Å². The van der Waals surface area contributed by atoms with E-state index in [-0.39, 0.29) is 0 Å². The molecule has 86 valence electrons. The quantitative estimate of drug-likeness (QED) is 0.554. The van der Waals surface area contributed by atoms with Gasteiger partial charge in [-0.3, -0.25) is 0 Å². The standard InChI is InChI=1S/C13H29N/c1-5-7-8-9-10-12(3)13(4)14-11-6-2/h12-14H,5-11H2,1-4H3. The number of hydrogen-bond acceptors (Lipinski definition) is 1. The summed E-state index contributed by atoms with van der Waals surface area (Å²) in [6.45, 7) is 10.4. The summed E-state index contributed by atoms with van der Waals surface area (Å²) in [6.07, 6.45) is 8.21. The molecule has 1 nitrogen and oxygen atoms in total. The van der Waals surface area contributed by atoms with Crippen LogP contribution in [0.3, 0.4) is 0 Å². The molecule has 0 bridgehead atoms. The van der Waals surface area contributed by atoms with E-state index in [1.807, 2.05) is 0 Å². The van der Waals surface area contributed by atoms with E-state index >= 15 is 0 Å². The average molecular weight is 199 g/mol. The molecule has 1 heteroatoms. The van der Waals surface area contributed by atoms with Crippen molar-refractivity contribution in [3.8, 4) is 0 Å². The molecule has 0 radical (unpaired) electrons. The van der Waals surface area contributed by atoms with Gasteiger partial charge >= 0.3 is 0 Å². The van der Waals surface area contributed by atoms with Crippen molar-refractivity contribution < 1.29 is 0 Å². The molecule has 0 saturated carbocycles. The molecular formula is C13H29N. The summed E-state index contributed by atoms with van der Waals surface area (Å²) in [6, 6.07) is 0.691. The van der Waals surface area contributed by atoms with Crippen LogP contribution in [-0.2, 0) is 0 Å². The second-order valence-corrected chi connectivity index (χ2v) is 4.57. The van der Waals surface area contributed by atoms with Gasteiger partial charge in [-0.15, -0.1) is 0 Å². The predicted molar refractivity (Wildman–Crippen MR) is 65.7 cm³/mol. The lowest BCUT2D eigenvalue weighted by molar-refractivity contribution is 0.367. The molecule has 0 rings (SSSR count). The summed E-state index contributed by atoms with van der Waals surface area (Å²) in [5.74, 6) is 0.832. The summed E-state index contributed by atoms with van der Waals surface area (Å²) in [5.41, 5.74) is 0. The highest BCUT2D eigenvalue weighted by Gasteiger charge is 2.09. The van der Waals surface area contributed by atoms with Crippen LogP contribution in [-0.4, -0.2) is 12.6 Å². The van der Waals surface area contributed by atoms with Crippen LogP contribution in [0.4, 0.5) is 0 Å². The van der Waals surface area contributed by atoms with Crippen molar-refractivity contribution in [1.82, 2.24) is 5.32 Å². The highest BCUT2D eigenvalue weighted by Crippen LogP contribution is 2.13. The third-order valence-electron chi connectivity index (χ3n) is 3.08. The molecule has 1 N–H and O–H groups in total. The van der Waals surface area contributed by atoms with E-state index < -0.39 is 0 Å². The summed E-state index contributed by atoms with van der Waals surface area (Å²) in [7, 11) is 0. The maximum absolute atomic E-state index is 3.57. The Morgan fingerprint density at radius 1 is 0.929 bits per heavy atom. The second kappa shape index (κ2) is 9.51. The van der Waals surface area contributed by atoms with Gasteiger partial charge in [0.05, 0.1) is 0 Å². The maximum atomic E-state index is 3.57.